The van der Waals surface area contributed by atoms with Crippen LogP contribution in [0.3, 0.4) is 0 Å². The Morgan fingerprint density at radius 1 is 0.600 bits per heavy atom. The summed E-state index contributed by atoms with van der Waals surface area (Å²) >= 11 is 0. The van der Waals surface area contributed by atoms with E-state index in [2.05, 4.69) is 13.8 Å². The molecule has 0 atom stereocenters. The number of hydrogen-bond donors (Lipinski definition) is 0. The van der Waals surface area contributed by atoms with Crippen LogP contribution in [0.15, 0.2) is 0 Å². The zero-order valence-electron chi connectivity index (χ0n) is 16.2. The van der Waals surface area contributed by atoms with E-state index in [1.807, 2.05) is 0 Å². The first-order valence-corrected chi connectivity index (χ1v) is 10.7. The fraction of sp³-hybridized carbons (Fsp3) is 1.00. The van der Waals surface area contributed by atoms with Crippen molar-refractivity contribution < 1.29 is 18.9 Å². The molecule has 0 bridgehead atoms. The Morgan fingerprint density at radius 2 is 0.920 bits per heavy atom. The lowest BCUT2D eigenvalue weighted by molar-refractivity contribution is -0.377. The normalized spacial score (nSPS) is 48.2. The third-order valence-electron chi connectivity index (χ3n) is 7.45. The van der Waals surface area contributed by atoms with Crippen molar-refractivity contribution in [3.63, 3.8) is 0 Å². The molecule has 0 aromatic rings. The molecule has 2 aliphatic heterocycles. The Hall–Kier alpha value is -0.160. The Morgan fingerprint density at radius 3 is 1.20 bits per heavy atom. The average molecular weight is 353 g/mol. The van der Waals surface area contributed by atoms with E-state index in [4.69, 9.17) is 18.9 Å². The molecule has 4 nitrogen and oxygen atoms in total. The maximum Gasteiger partial charge on any atom is 0.168 e. The highest BCUT2D eigenvalue weighted by Gasteiger charge is 2.51. The molecule has 4 heteroatoms. The van der Waals surface area contributed by atoms with Gasteiger partial charge in [0.15, 0.2) is 11.6 Å². The molecule has 0 unspecified atom stereocenters. The highest BCUT2D eigenvalue weighted by atomic mass is 16.7. The first kappa shape index (κ1) is 18.2. The van der Waals surface area contributed by atoms with Crippen LogP contribution in [0.25, 0.3) is 0 Å². The minimum Gasteiger partial charge on any atom is -0.349 e. The van der Waals surface area contributed by atoms with Crippen molar-refractivity contribution in [1.82, 2.24) is 0 Å². The summed E-state index contributed by atoms with van der Waals surface area (Å²) in [5.74, 6) is 1.08. The van der Waals surface area contributed by atoms with Gasteiger partial charge in [-0.15, -0.1) is 0 Å². The zero-order chi connectivity index (χ0) is 17.4. The van der Waals surface area contributed by atoms with Gasteiger partial charge in [0.2, 0.25) is 0 Å². The van der Waals surface area contributed by atoms with Crippen LogP contribution in [0.4, 0.5) is 0 Å². The Balaban J connectivity index is 1.29. The molecule has 3 spiro atoms. The van der Waals surface area contributed by atoms with Crippen molar-refractivity contribution in [3.05, 3.63) is 0 Å². The lowest BCUT2D eigenvalue weighted by Crippen LogP contribution is -2.59. The fourth-order valence-corrected chi connectivity index (χ4v) is 5.10. The van der Waals surface area contributed by atoms with Crippen molar-refractivity contribution in [2.75, 3.05) is 26.4 Å². The topological polar surface area (TPSA) is 36.9 Å². The monoisotopic (exact) mass is 352 g/mol. The van der Waals surface area contributed by atoms with Crippen LogP contribution in [-0.4, -0.2) is 38.0 Å². The van der Waals surface area contributed by atoms with E-state index < -0.39 is 0 Å². The molecule has 0 aromatic heterocycles. The van der Waals surface area contributed by atoms with E-state index in [0.717, 1.165) is 63.9 Å². The van der Waals surface area contributed by atoms with E-state index in [9.17, 15) is 0 Å². The van der Waals surface area contributed by atoms with Gasteiger partial charge >= 0.3 is 0 Å². The predicted octanol–water partition coefficient (Wildman–Crippen LogP) is 4.66. The van der Waals surface area contributed by atoms with Gasteiger partial charge < -0.3 is 18.9 Å². The molecule has 144 valence electrons. The van der Waals surface area contributed by atoms with Crippen LogP contribution in [0.2, 0.25) is 0 Å². The van der Waals surface area contributed by atoms with Crippen LogP contribution in [0, 0.1) is 17.3 Å². The lowest BCUT2D eigenvalue weighted by Gasteiger charge is -2.53. The Labute approximate surface area is 152 Å². The molecule has 4 rings (SSSR count). The van der Waals surface area contributed by atoms with E-state index in [1.165, 1.54) is 38.5 Å². The van der Waals surface area contributed by atoms with Crippen molar-refractivity contribution >= 4 is 0 Å². The highest BCUT2D eigenvalue weighted by Crippen LogP contribution is 2.46. The summed E-state index contributed by atoms with van der Waals surface area (Å²) in [5, 5.41) is 0. The third-order valence-corrected chi connectivity index (χ3v) is 7.45. The third kappa shape index (κ3) is 3.65. The van der Waals surface area contributed by atoms with Crippen LogP contribution in [0.1, 0.15) is 78.1 Å². The Kier molecular flexibility index (Phi) is 5.18. The summed E-state index contributed by atoms with van der Waals surface area (Å²) in [6.07, 6.45) is 11.7. The molecule has 0 amide bonds. The van der Waals surface area contributed by atoms with Gasteiger partial charge in [-0.25, -0.2) is 0 Å². The fourth-order valence-electron chi connectivity index (χ4n) is 5.10. The van der Waals surface area contributed by atoms with E-state index >= 15 is 0 Å². The summed E-state index contributed by atoms with van der Waals surface area (Å²) in [6, 6.07) is 0. The molecule has 0 aromatic carbocycles. The first-order valence-electron chi connectivity index (χ1n) is 10.7. The van der Waals surface area contributed by atoms with E-state index in [-0.39, 0.29) is 17.0 Å². The van der Waals surface area contributed by atoms with Crippen LogP contribution < -0.4 is 0 Å². The smallest absolute Gasteiger partial charge is 0.168 e. The number of ether oxygens (including phenoxy) is 4. The molecule has 0 N–H and O–H groups in total. The molecule has 2 heterocycles. The first-order chi connectivity index (χ1) is 12.1. The molecule has 4 fully saturated rings. The van der Waals surface area contributed by atoms with Gasteiger partial charge in [0.1, 0.15) is 0 Å². The molecule has 25 heavy (non-hydrogen) atoms. The summed E-state index contributed by atoms with van der Waals surface area (Å²) < 4.78 is 25.3. The molecule has 2 saturated carbocycles. The van der Waals surface area contributed by atoms with E-state index in [1.54, 1.807) is 0 Å². The molecular weight excluding hydrogens is 316 g/mol. The minimum atomic E-state index is -0.314. The van der Waals surface area contributed by atoms with Crippen LogP contribution in [0.5, 0.6) is 0 Å². The summed E-state index contributed by atoms with van der Waals surface area (Å²) in [7, 11) is 0. The Bertz CT molecular complexity index is 381. The second-order valence-corrected chi connectivity index (χ2v) is 9.18. The van der Waals surface area contributed by atoms with Gasteiger partial charge in [0.25, 0.3) is 0 Å². The van der Waals surface area contributed by atoms with Crippen LogP contribution >= 0.6 is 0 Å². The predicted molar refractivity (Wildman–Crippen MR) is 96.2 cm³/mol. The molecular formula is C21H36O4. The molecule has 2 saturated heterocycles. The van der Waals surface area contributed by atoms with Crippen molar-refractivity contribution in [1.29, 1.82) is 0 Å². The van der Waals surface area contributed by atoms with Crippen molar-refractivity contribution in [2.45, 2.75) is 89.6 Å². The average Bonchev–Trinajstić information content (AvgIpc) is 2.68. The van der Waals surface area contributed by atoms with Gasteiger partial charge in [0.05, 0.1) is 31.8 Å². The van der Waals surface area contributed by atoms with Crippen LogP contribution in [-0.2, 0) is 18.9 Å². The molecule has 4 aliphatic rings. The van der Waals surface area contributed by atoms with Crippen molar-refractivity contribution in [3.8, 4) is 0 Å². The quantitative estimate of drug-likeness (QED) is 0.724. The van der Waals surface area contributed by atoms with Gasteiger partial charge in [-0.2, -0.15) is 0 Å². The molecule has 2 aliphatic carbocycles. The second-order valence-electron chi connectivity index (χ2n) is 9.18. The second kappa shape index (κ2) is 7.10. The summed E-state index contributed by atoms with van der Waals surface area (Å²) in [6.45, 7) is 7.46. The van der Waals surface area contributed by atoms with Gasteiger partial charge in [-0.05, 0) is 37.5 Å². The van der Waals surface area contributed by atoms with Gasteiger partial charge in [-0.3, -0.25) is 0 Å². The van der Waals surface area contributed by atoms with E-state index in [0.29, 0.717) is 0 Å². The molecule has 0 radical (unpaired) electrons. The maximum absolute atomic E-state index is 6.32. The lowest BCUT2D eigenvalue weighted by atomic mass is 9.80. The number of hydrogen-bond acceptors (Lipinski definition) is 4. The summed E-state index contributed by atoms with van der Waals surface area (Å²) in [5.41, 5.74) is -0.0975. The summed E-state index contributed by atoms with van der Waals surface area (Å²) in [4.78, 5) is 0. The SMILES string of the molecule is CCC1CCC2(CC1)OCC1(CO2)COC2(CCC(CC)CC2)OC1. The largest absolute Gasteiger partial charge is 0.349 e. The zero-order valence-corrected chi connectivity index (χ0v) is 16.2. The number of rotatable bonds is 2. The maximum atomic E-state index is 6.32. The highest BCUT2D eigenvalue weighted by molar-refractivity contribution is 4.93. The van der Waals surface area contributed by atoms with Gasteiger partial charge in [-0.1, -0.05) is 26.7 Å². The minimum absolute atomic E-state index is 0.0975. The van der Waals surface area contributed by atoms with Gasteiger partial charge in [0, 0.05) is 25.7 Å². The standard InChI is InChI=1S/C21H36O4/c1-3-17-5-9-20(10-6-17)22-13-19(14-23-20)15-24-21(25-16-19)11-7-18(4-2)8-12-21/h17-18H,3-16H2,1-2H3. The van der Waals surface area contributed by atoms with Crippen molar-refractivity contribution in [2.24, 2.45) is 17.3 Å².